The van der Waals surface area contributed by atoms with Gasteiger partial charge in [-0.3, -0.25) is 4.90 Å². The second kappa shape index (κ2) is 13.7. The number of pyridine rings is 1. The van der Waals surface area contributed by atoms with Crippen LogP contribution in [-0.2, 0) is 21.3 Å². The van der Waals surface area contributed by atoms with Crippen molar-refractivity contribution in [2.75, 3.05) is 56.6 Å². The largest absolute Gasteiger partial charge is 0.476 e. The second-order valence-corrected chi connectivity index (χ2v) is 11.4. The number of nitrogens with zero attached hydrogens (tertiary/aromatic N) is 4. The molecule has 2 aromatic carbocycles. The Morgan fingerprint density at radius 3 is 2.44 bits per heavy atom. The van der Waals surface area contributed by atoms with E-state index in [0.29, 0.717) is 53.9 Å². The summed E-state index contributed by atoms with van der Waals surface area (Å²) < 4.78 is 34.1. The van der Waals surface area contributed by atoms with Crippen molar-refractivity contribution in [2.24, 2.45) is 5.14 Å². The van der Waals surface area contributed by atoms with Crippen LogP contribution in [0.2, 0.25) is 0 Å². The molecule has 0 radical (unpaired) electrons. The molecule has 1 saturated heterocycles. The van der Waals surface area contributed by atoms with Gasteiger partial charge in [0.05, 0.1) is 35.9 Å². The van der Waals surface area contributed by atoms with E-state index in [1.165, 1.54) is 12.1 Å². The van der Waals surface area contributed by atoms with Crippen LogP contribution in [-0.4, -0.2) is 80.3 Å². The number of fused-ring (bicyclic) bond motifs is 1. The molecule has 5 N–H and O–H groups in total. The molecule has 0 bridgehead atoms. The van der Waals surface area contributed by atoms with E-state index >= 15 is 0 Å². The van der Waals surface area contributed by atoms with Crippen LogP contribution in [0.3, 0.4) is 0 Å². The number of amides is 2. The number of anilines is 2. The Morgan fingerprint density at radius 1 is 1.00 bits per heavy atom. The number of sulfonamides is 1. The zero-order valence-electron chi connectivity index (χ0n) is 23.7. The van der Waals surface area contributed by atoms with Gasteiger partial charge in [-0.05, 0) is 48.9 Å². The number of aromatic nitrogens is 3. The number of primary sulfonamides is 1. The summed E-state index contributed by atoms with van der Waals surface area (Å²) in [5.74, 6) is 0.688. The molecule has 2 aromatic heterocycles. The molecular formula is C29H34N8O5S. The topological polar surface area (TPSA) is 174 Å². The molecule has 0 unspecified atom stereocenters. The van der Waals surface area contributed by atoms with Crippen molar-refractivity contribution in [1.82, 2.24) is 25.2 Å². The Kier molecular flexibility index (Phi) is 9.61. The van der Waals surface area contributed by atoms with Crippen molar-refractivity contribution in [3.8, 4) is 17.1 Å². The predicted molar refractivity (Wildman–Crippen MR) is 163 cm³/mol. The van der Waals surface area contributed by atoms with E-state index in [-0.39, 0.29) is 10.9 Å². The van der Waals surface area contributed by atoms with E-state index in [1.54, 1.807) is 12.1 Å². The first-order valence-corrected chi connectivity index (χ1v) is 15.5. The van der Waals surface area contributed by atoms with Crippen LogP contribution in [0.5, 0.6) is 5.88 Å². The lowest BCUT2D eigenvalue weighted by Gasteiger charge is -2.26. The summed E-state index contributed by atoms with van der Waals surface area (Å²) in [5.41, 5.74) is 4.17. The molecule has 0 spiro atoms. The Balaban J connectivity index is 1.23. The summed E-state index contributed by atoms with van der Waals surface area (Å²) in [4.78, 5) is 28.5. The monoisotopic (exact) mass is 606 g/mol. The Labute approximate surface area is 249 Å². The summed E-state index contributed by atoms with van der Waals surface area (Å²) in [7, 11) is -3.75. The van der Waals surface area contributed by atoms with Crippen molar-refractivity contribution >= 4 is 38.7 Å². The van der Waals surface area contributed by atoms with Gasteiger partial charge in [0.25, 0.3) is 0 Å². The fourth-order valence-corrected chi connectivity index (χ4v) is 5.01. The van der Waals surface area contributed by atoms with Crippen molar-refractivity contribution in [1.29, 1.82) is 0 Å². The predicted octanol–water partition coefficient (Wildman–Crippen LogP) is 2.80. The maximum atomic E-state index is 12.3. The highest BCUT2D eigenvalue weighted by atomic mass is 32.2. The highest BCUT2D eigenvalue weighted by Gasteiger charge is 2.14. The van der Waals surface area contributed by atoms with E-state index < -0.39 is 10.0 Å². The number of morpholine rings is 1. The number of hydrogen-bond donors (Lipinski definition) is 4. The fourth-order valence-electron chi connectivity index (χ4n) is 4.49. The summed E-state index contributed by atoms with van der Waals surface area (Å²) >= 11 is 0. The Bertz CT molecular complexity index is 1660. The van der Waals surface area contributed by atoms with E-state index in [2.05, 4.69) is 30.8 Å². The number of nitrogens with two attached hydrogens (primary N) is 1. The Hall–Kier alpha value is -4.37. The lowest BCUT2D eigenvalue weighted by molar-refractivity contribution is 0.0388. The highest BCUT2D eigenvalue weighted by molar-refractivity contribution is 7.89. The average molecular weight is 607 g/mol. The summed E-state index contributed by atoms with van der Waals surface area (Å²) in [6.45, 7) is 7.17. The number of urea groups is 1. The van der Waals surface area contributed by atoms with Crippen molar-refractivity contribution < 1.29 is 22.7 Å². The number of benzene rings is 2. The molecule has 14 heteroatoms. The van der Waals surface area contributed by atoms with Gasteiger partial charge < -0.3 is 25.4 Å². The quantitative estimate of drug-likeness (QED) is 0.199. The molecule has 226 valence electrons. The molecule has 13 nitrogen and oxygen atoms in total. The number of rotatable bonds is 11. The summed E-state index contributed by atoms with van der Waals surface area (Å²) in [6.07, 6.45) is 0. The molecule has 1 aliphatic rings. The van der Waals surface area contributed by atoms with Gasteiger partial charge in [-0.15, -0.1) is 0 Å². The molecule has 4 aromatic rings. The third kappa shape index (κ3) is 8.14. The van der Waals surface area contributed by atoms with Crippen LogP contribution in [0.4, 0.5) is 16.4 Å². The molecule has 0 aliphatic carbocycles. The zero-order valence-corrected chi connectivity index (χ0v) is 24.6. The van der Waals surface area contributed by atoms with Crippen LogP contribution >= 0.6 is 0 Å². The normalized spacial score (nSPS) is 13.9. The number of carbonyl (C=O) groups excluding carboxylic acids is 1. The number of hydrogen-bond acceptors (Lipinski definition) is 10. The van der Waals surface area contributed by atoms with Crippen LogP contribution in [0.15, 0.2) is 65.6 Å². The first-order valence-electron chi connectivity index (χ1n) is 13.9. The second-order valence-electron chi connectivity index (χ2n) is 9.80. The molecule has 3 heterocycles. The lowest BCUT2D eigenvalue weighted by Crippen LogP contribution is -2.42. The van der Waals surface area contributed by atoms with Crippen molar-refractivity contribution in [2.45, 2.75) is 18.4 Å². The van der Waals surface area contributed by atoms with E-state index in [4.69, 9.17) is 19.6 Å². The maximum absolute atomic E-state index is 12.3. The van der Waals surface area contributed by atoms with E-state index in [1.807, 2.05) is 43.3 Å². The SMILES string of the molecule is CCOc1nc(NCc2ccc(S(N)(=O)=O)cc2)nc2ccc(-c3ccc(NC(=O)NCCN4CCOCC4)cc3)nc12. The van der Waals surface area contributed by atoms with Gasteiger partial charge in [-0.25, -0.2) is 28.3 Å². The average Bonchev–Trinajstić information content (AvgIpc) is 3.01. The summed E-state index contributed by atoms with van der Waals surface area (Å²) in [5, 5.41) is 14.1. The first kappa shape index (κ1) is 30.1. The van der Waals surface area contributed by atoms with Crippen LogP contribution in [0.25, 0.3) is 22.3 Å². The van der Waals surface area contributed by atoms with Gasteiger partial charge in [0.1, 0.15) is 0 Å². The standard InChI is InChI=1S/C29H34N8O5S/c1-2-42-27-26-25(35-28(36-27)32-19-20-3-9-23(10-4-20)43(30,39)40)12-11-24(34-26)21-5-7-22(8-6-21)33-29(38)31-13-14-37-15-17-41-18-16-37/h3-12H,2,13-19H2,1H3,(H2,30,39,40)(H2,31,33,38)(H,32,35,36). The molecule has 0 saturated carbocycles. The minimum atomic E-state index is -3.75. The van der Waals surface area contributed by atoms with Crippen LogP contribution in [0, 0.1) is 0 Å². The molecule has 43 heavy (non-hydrogen) atoms. The van der Waals surface area contributed by atoms with Crippen molar-refractivity contribution in [3.05, 3.63) is 66.2 Å². The molecule has 1 fully saturated rings. The maximum Gasteiger partial charge on any atom is 0.319 e. The molecular weight excluding hydrogens is 572 g/mol. The van der Waals surface area contributed by atoms with Gasteiger partial charge >= 0.3 is 6.03 Å². The molecule has 2 amide bonds. The van der Waals surface area contributed by atoms with Gasteiger partial charge in [0, 0.05) is 44.0 Å². The van der Waals surface area contributed by atoms with Gasteiger partial charge in [-0.2, -0.15) is 4.98 Å². The Morgan fingerprint density at radius 2 is 1.74 bits per heavy atom. The van der Waals surface area contributed by atoms with E-state index in [0.717, 1.165) is 44.0 Å². The van der Waals surface area contributed by atoms with Crippen molar-refractivity contribution in [3.63, 3.8) is 0 Å². The molecule has 1 aliphatic heterocycles. The lowest BCUT2D eigenvalue weighted by atomic mass is 10.1. The molecule has 0 atom stereocenters. The smallest absolute Gasteiger partial charge is 0.319 e. The minimum absolute atomic E-state index is 0.0465. The van der Waals surface area contributed by atoms with E-state index in [9.17, 15) is 13.2 Å². The molecule has 5 rings (SSSR count). The fraction of sp³-hybridized carbons (Fsp3) is 0.310. The third-order valence-corrected chi connectivity index (χ3v) is 7.68. The highest BCUT2D eigenvalue weighted by Crippen LogP contribution is 2.27. The number of nitrogens with one attached hydrogen (secondary N) is 3. The zero-order chi connectivity index (χ0) is 30.2. The third-order valence-electron chi connectivity index (χ3n) is 6.75. The van der Waals surface area contributed by atoms with Crippen LogP contribution < -0.4 is 25.8 Å². The van der Waals surface area contributed by atoms with Gasteiger partial charge in [-0.1, -0.05) is 24.3 Å². The first-order chi connectivity index (χ1) is 20.8. The van der Waals surface area contributed by atoms with Crippen LogP contribution in [0.1, 0.15) is 12.5 Å². The van der Waals surface area contributed by atoms with Gasteiger partial charge in [0.2, 0.25) is 21.9 Å². The summed E-state index contributed by atoms with van der Waals surface area (Å²) in [6, 6.07) is 17.1. The van der Waals surface area contributed by atoms with Gasteiger partial charge in [0.15, 0.2) is 5.52 Å². The number of ether oxygens (including phenoxy) is 2. The number of carbonyl (C=O) groups is 1. The minimum Gasteiger partial charge on any atom is -0.476 e.